The second-order valence-corrected chi connectivity index (χ2v) is 3.84. The van der Waals surface area contributed by atoms with Gasteiger partial charge in [0.2, 0.25) is 0 Å². The van der Waals surface area contributed by atoms with Gasteiger partial charge in [-0.25, -0.2) is 9.97 Å². The van der Waals surface area contributed by atoms with E-state index >= 15 is 0 Å². The number of carbonyl (C=O) groups is 1. The lowest BCUT2D eigenvalue weighted by molar-refractivity contribution is -0.142. The number of β-amino-alcohol motifs (C(OH)–C–C–N with tert-alkyl or cyclic N) is 1. The first-order valence-electron chi connectivity index (χ1n) is 5.07. The van der Waals surface area contributed by atoms with Crippen molar-refractivity contribution in [2.45, 2.75) is 25.1 Å². The molecule has 86 valence electrons. The van der Waals surface area contributed by atoms with Crippen molar-refractivity contribution in [3.63, 3.8) is 0 Å². The van der Waals surface area contributed by atoms with Crippen molar-refractivity contribution in [3.8, 4) is 0 Å². The van der Waals surface area contributed by atoms with Crippen molar-refractivity contribution in [1.82, 2.24) is 14.9 Å². The highest BCUT2D eigenvalue weighted by Crippen LogP contribution is 2.19. The zero-order valence-corrected chi connectivity index (χ0v) is 8.65. The Balaban J connectivity index is 2.06. The molecule has 0 aromatic carbocycles. The lowest BCUT2D eigenvalue weighted by atomic mass is 10.2. The number of carboxylic acid groups (broad SMARTS) is 1. The summed E-state index contributed by atoms with van der Waals surface area (Å²) in [7, 11) is 0. The first kappa shape index (κ1) is 11.0. The number of rotatable bonds is 3. The molecule has 2 rings (SSSR count). The molecule has 0 saturated carbocycles. The summed E-state index contributed by atoms with van der Waals surface area (Å²) < 4.78 is 0. The normalized spacial score (nSPS) is 25.8. The fourth-order valence-electron chi connectivity index (χ4n) is 1.90. The van der Waals surface area contributed by atoms with E-state index in [0.29, 0.717) is 18.9 Å². The Hall–Kier alpha value is -1.53. The number of aliphatic carboxylic acids is 1. The highest BCUT2D eigenvalue weighted by atomic mass is 16.4. The zero-order chi connectivity index (χ0) is 11.5. The number of likely N-dealkylation sites (tertiary alicyclic amines) is 1. The average molecular weight is 223 g/mol. The van der Waals surface area contributed by atoms with E-state index in [1.165, 1.54) is 0 Å². The molecule has 1 saturated heterocycles. The van der Waals surface area contributed by atoms with Crippen LogP contribution >= 0.6 is 0 Å². The molecule has 16 heavy (non-hydrogen) atoms. The van der Waals surface area contributed by atoms with Crippen LogP contribution in [0.25, 0.3) is 0 Å². The minimum atomic E-state index is -0.910. The Morgan fingerprint density at radius 3 is 2.81 bits per heavy atom. The number of carboxylic acids is 1. The monoisotopic (exact) mass is 223 g/mol. The van der Waals surface area contributed by atoms with Gasteiger partial charge >= 0.3 is 5.97 Å². The van der Waals surface area contributed by atoms with Gasteiger partial charge in [-0.05, 0) is 6.07 Å². The highest BCUT2D eigenvalue weighted by molar-refractivity contribution is 5.74. The smallest absolute Gasteiger partial charge is 0.321 e. The van der Waals surface area contributed by atoms with Gasteiger partial charge in [0.25, 0.3) is 0 Å². The predicted octanol–water partition coefficient (Wildman–Crippen LogP) is -0.504. The van der Waals surface area contributed by atoms with Crippen LogP contribution in [0.1, 0.15) is 12.2 Å². The lowest BCUT2D eigenvalue weighted by Gasteiger charge is -2.19. The third-order valence-corrected chi connectivity index (χ3v) is 2.63. The van der Waals surface area contributed by atoms with Gasteiger partial charge in [-0.2, -0.15) is 0 Å². The first-order chi connectivity index (χ1) is 7.66. The second kappa shape index (κ2) is 4.54. The van der Waals surface area contributed by atoms with E-state index in [0.717, 1.165) is 0 Å². The highest BCUT2D eigenvalue weighted by Gasteiger charge is 2.36. The number of aromatic nitrogens is 2. The number of nitrogens with zero attached hydrogens (tertiary/aromatic N) is 3. The standard InChI is InChI=1S/C10H13N3O3/c14-7-4-8(10(15)16)13(5-7)6-9-11-2-1-3-12-9/h1-3,7-8,14H,4-6H2,(H,15,16). The third-order valence-electron chi connectivity index (χ3n) is 2.63. The summed E-state index contributed by atoms with van der Waals surface area (Å²) in [5, 5.41) is 18.4. The van der Waals surface area contributed by atoms with Crippen molar-refractivity contribution < 1.29 is 15.0 Å². The van der Waals surface area contributed by atoms with Crippen LogP contribution in [0.4, 0.5) is 0 Å². The van der Waals surface area contributed by atoms with Crippen LogP contribution in [0.5, 0.6) is 0 Å². The predicted molar refractivity (Wildman–Crippen MR) is 54.5 cm³/mol. The molecule has 0 spiro atoms. The molecule has 1 aromatic rings. The van der Waals surface area contributed by atoms with Crippen molar-refractivity contribution in [1.29, 1.82) is 0 Å². The topological polar surface area (TPSA) is 86.5 Å². The van der Waals surface area contributed by atoms with Crippen LogP contribution in [-0.4, -0.2) is 49.7 Å². The summed E-state index contributed by atoms with van der Waals surface area (Å²) in [4.78, 5) is 20.7. The molecule has 6 heteroatoms. The molecule has 0 bridgehead atoms. The van der Waals surface area contributed by atoms with Crippen molar-refractivity contribution in [2.75, 3.05) is 6.54 Å². The van der Waals surface area contributed by atoms with Gasteiger partial charge < -0.3 is 10.2 Å². The molecule has 2 heterocycles. The van der Waals surface area contributed by atoms with Crippen LogP contribution < -0.4 is 0 Å². The third kappa shape index (κ3) is 2.34. The van der Waals surface area contributed by atoms with Crippen LogP contribution in [0.15, 0.2) is 18.5 Å². The van der Waals surface area contributed by atoms with E-state index in [4.69, 9.17) is 5.11 Å². The summed E-state index contributed by atoms with van der Waals surface area (Å²) in [6.07, 6.45) is 2.92. The molecule has 1 aliphatic heterocycles. The molecule has 0 amide bonds. The quantitative estimate of drug-likeness (QED) is 0.718. The Morgan fingerprint density at radius 2 is 2.19 bits per heavy atom. The van der Waals surface area contributed by atoms with Gasteiger partial charge in [-0.1, -0.05) is 0 Å². The van der Waals surface area contributed by atoms with Crippen LogP contribution in [-0.2, 0) is 11.3 Å². The van der Waals surface area contributed by atoms with Crippen molar-refractivity contribution in [2.24, 2.45) is 0 Å². The fraction of sp³-hybridized carbons (Fsp3) is 0.500. The van der Waals surface area contributed by atoms with Crippen LogP contribution in [0.2, 0.25) is 0 Å². The molecule has 2 N–H and O–H groups in total. The number of hydrogen-bond donors (Lipinski definition) is 2. The van der Waals surface area contributed by atoms with Gasteiger partial charge in [-0.15, -0.1) is 0 Å². The number of aliphatic hydroxyl groups is 1. The molecule has 0 aliphatic carbocycles. The maximum atomic E-state index is 11.0. The average Bonchev–Trinajstić information content (AvgIpc) is 2.61. The van der Waals surface area contributed by atoms with Gasteiger partial charge in [0.05, 0.1) is 12.6 Å². The summed E-state index contributed by atoms with van der Waals surface area (Å²) in [5.41, 5.74) is 0. The Bertz CT molecular complexity index is 371. The van der Waals surface area contributed by atoms with Gasteiger partial charge in [-0.3, -0.25) is 9.69 Å². The Morgan fingerprint density at radius 1 is 1.50 bits per heavy atom. The van der Waals surface area contributed by atoms with E-state index in [2.05, 4.69) is 9.97 Å². The van der Waals surface area contributed by atoms with Gasteiger partial charge in [0, 0.05) is 25.4 Å². The first-order valence-corrected chi connectivity index (χ1v) is 5.07. The summed E-state index contributed by atoms with van der Waals surface area (Å²) in [5.74, 6) is -0.338. The van der Waals surface area contributed by atoms with Crippen LogP contribution in [0.3, 0.4) is 0 Å². The minimum Gasteiger partial charge on any atom is -0.480 e. The molecule has 1 fully saturated rings. The van der Waals surface area contributed by atoms with Crippen molar-refractivity contribution in [3.05, 3.63) is 24.3 Å². The molecular weight excluding hydrogens is 210 g/mol. The molecule has 2 atom stereocenters. The summed E-state index contributed by atoms with van der Waals surface area (Å²) in [6, 6.07) is 1.07. The SMILES string of the molecule is O=C(O)C1CC(O)CN1Cc1ncccn1. The summed E-state index contributed by atoms with van der Waals surface area (Å²) in [6.45, 7) is 0.712. The fourth-order valence-corrected chi connectivity index (χ4v) is 1.90. The van der Waals surface area contributed by atoms with Crippen molar-refractivity contribution >= 4 is 5.97 Å². The van der Waals surface area contributed by atoms with E-state index in [9.17, 15) is 9.90 Å². The van der Waals surface area contributed by atoms with E-state index in [1.54, 1.807) is 23.4 Å². The van der Waals surface area contributed by atoms with Gasteiger partial charge in [0.15, 0.2) is 0 Å². The molecular formula is C10H13N3O3. The molecule has 6 nitrogen and oxygen atoms in total. The summed E-state index contributed by atoms with van der Waals surface area (Å²) >= 11 is 0. The maximum absolute atomic E-state index is 11.0. The Kier molecular flexibility index (Phi) is 3.12. The lowest BCUT2D eigenvalue weighted by Crippen LogP contribution is -2.35. The minimum absolute atomic E-state index is 0.266. The maximum Gasteiger partial charge on any atom is 0.321 e. The second-order valence-electron chi connectivity index (χ2n) is 3.84. The molecule has 1 aromatic heterocycles. The number of hydrogen-bond acceptors (Lipinski definition) is 5. The Labute approximate surface area is 92.6 Å². The zero-order valence-electron chi connectivity index (χ0n) is 8.65. The number of aliphatic hydroxyl groups excluding tert-OH is 1. The van der Waals surface area contributed by atoms with Crippen LogP contribution in [0, 0.1) is 0 Å². The van der Waals surface area contributed by atoms with Gasteiger partial charge in [0.1, 0.15) is 11.9 Å². The largest absolute Gasteiger partial charge is 0.480 e. The molecule has 2 unspecified atom stereocenters. The van der Waals surface area contributed by atoms with E-state index in [-0.39, 0.29) is 6.42 Å². The molecule has 0 radical (unpaired) electrons. The molecule has 1 aliphatic rings. The van der Waals surface area contributed by atoms with E-state index in [1.807, 2.05) is 0 Å². The van der Waals surface area contributed by atoms with E-state index < -0.39 is 18.1 Å².